The van der Waals surface area contributed by atoms with Crippen LogP contribution in [0, 0.1) is 5.82 Å². The Morgan fingerprint density at radius 2 is 1.97 bits per heavy atom. The van der Waals surface area contributed by atoms with E-state index in [0.717, 1.165) is 42.9 Å². The Morgan fingerprint density at radius 3 is 2.73 bits per heavy atom. The minimum Gasteiger partial charge on any atom is -0.457 e. The maximum Gasteiger partial charge on any atom is 0.153 e. The number of rotatable bonds is 4. The smallest absolute Gasteiger partial charge is 0.153 e. The summed E-state index contributed by atoms with van der Waals surface area (Å²) >= 11 is 0. The molecule has 154 valence electrons. The van der Waals surface area contributed by atoms with Gasteiger partial charge in [-0.15, -0.1) is 0 Å². The lowest BCUT2D eigenvalue weighted by Gasteiger charge is -2.33. The number of nitrogens with zero attached hydrogens (tertiary/aromatic N) is 3. The summed E-state index contributed by atoms with van der Waals surface area (Å²) in [6, 6.07) is 13.9. The molecule has 7 nitrogen and oxygen atoms in total. The molecule has 1 fully saturated rings. The monoisotopic (exact) mass is 406 g/mol. The molecule has 0 spiro atoms. The van der Waals surface area contributed by atoms with Gasteiger partial charge in [0.05, 0.1) is 17.6 Å². The summed E-state index contributed by atoms with van der Waals surface area (Å²) in [5.74, 6) is 2.07. The van der Waals surface area contributed by atoms with Crippen molar-refractivity contribution in [2.45, 2.75) is 24.9 Å². The molecule has 0 radical (unpaired) electrons. The van der Waals surface area contributed by atoms with Crippen LogP contribution in [0.3, 0.4) is 0 Å². The average molecular weight is 406 g/mol. The number of benzene rings is 2. The number of ether oxygens (including phenoxy) is 1. The molecule has 1 aromatic heterocycles. The lowest BCUT2D eigenvalue weighted by atomic mass is 10.0. The number of nitrogens with two attached hydrogens (primary N) is 1. The fourth-order valence-electron chi connectivity index (χ4n) is 4.10. The molecule has 1 unspecified atom stereocenters. The Kier molecular flexibility index (Phi) is 4.94. The zero-order valence-corrected chi connectivity index (χ0v) is 16.4. The van der Waals surface area contributed by atoms with Crippen molar-refractivity contribution in [3.05, 3.63) is 71.8 Å². The van der Waals surface area contributed by atoms with Gasteiger partial charge >= 0.3 is 0 Å². The van der Waals surface area contributed by atoms with Crippen LogP contribution < -0.4 is 26.2 Å². The van der Waals surface area contributed by atoms with Gasteiger partial charge in [-0.3, -0.25) is 5.01 Å². The van der Waals surface area contributed by atoms with Crippen LogP contribution in [0.2, 0.25) is 0 Å². The van der Waals surface area contributed by atoms with Crippen LogP contribution >= 0.6 is 0 Å². The third kappa shape index (κ3) is 3.55. The number of halogens is 1. The number of hydrazine groups is 1. The summed E-state index contributed by atoms with van der Waals surface area (Å²) in [5, 5.41) is 5.57. The van der Waals surface area contributed by atoms with Crippen molar-refractivity contribution >= 4 is 11.6 Å². The van der Waals surface area contributed by atoms with Crippen molar-refractivity contribution in [2.75, 3.05) is 23.8 Å². The van der Waals surface area contributed by atoms with Gasteiger partial charge in [0.25, 0.3) is 0 Å². The van der Waals surface area contributed by atoms with E-state index in [2.05, 4.69) is 25.7 Å². The molecule has 2 aliphatic heterocycles. The van der Waals surface area contributed by atoms with E-state index in [1.807, 2.05) is 24.3 Å². The fourth-order valence-corrected chi connectivity index (χ4v) is 4.10. The van der Waals surface area contributed by atoms with Crippen molar-refractivity contribution in [3.8, 4) is 11.5 Å². The first-order valence-electron chi connectivity index (χ1n) is 10.1. The van der Waals surface area contributed by atoms with Gasteiger partial charge in [-0.05, 0) is 49.2 Å². The molecule has 3 aromatic rings. The molecule has 0 amide bonds. The number of fused-ring (bicyclic) bond motifs is 1. The molecule has 1 saturated heterocycles. The van der Waals surface area contributed by atoms with E-state index in [1.165, 1.54) is 18.5 Å². The standard InChI is InChI=1S/C22H23FN6O/c23-15-3-1-5-18(11-15)30-17-8-6-14(7-9-17)20-19-21(24)26-13-27-22(19)29(28-20)16-4-2-10-25-12-16/h1,3,5-9,11,13,16,20,25,28H,2,4,10,12H2,(H2,24,26,27)/t16-,20?/m1/s1. The number of aromatic nitrogens is 2. The highest BCUT2D eigenvalue weighted by Crippen LogP contribution is 2.40. The van der Waals surface area contributed by atoms with Gasteiger partial charge in [0.1, 0.15) is 29.5 Å². The Labute approximate surface area is 174 Å². The topological polar surface area (TPSA) is 88.3 Å². The molecular weight excluding hydrogens is 383 g/mol. The molecule has 0 aliphatic carbocycles. The summed E-state index contributed by atoms with van der Waals surface area (Å²) < 4.78 is 19.1. The van der Waals surface area contributed by atoms with E-state index in [-0.39, 0.29) is 11.9 Å². The lowest BCUT2D eigenvalue weighted by molar-refractivity contribution is 0.401. The van der Waals surface area contributed by atoms with E-state index < -0.39 is 0 Å². The third-order valence-corrected chi connectivity index (χ3v) is 5.56. The largest absolute Gasteiger partial charge is 0.457 e. The molecule has 2 aliphatic rings. The van der Waals surface area contributed by atoms with Gasteiger partial charge in [0.15, 0.2) is 5.82 Å². The summed E-state index contributed by atoms with van der Waals surface area (Å²) in [5.41, 5.74) is 11.7. The number of nitrogens with one attached hydrogen (secondary N) is 2. The van der Waals surface area contributed by atoms with Crippen molar-refractivity contribution in [2.24, 2.45) is 0 Å². The van der Waals surface area contributed by atoms with E-state index in [0.29, 0.717) is 23.4 Å². The van der Waals surface area contributed by atoms with E-state index >= 15 is 0 Å². The highest BCUT2D eigenvalue weighted by molar-refractivity contribution is 5.64. The van der Waals surface area contributed by atoms with Gasteiger partial charge in [-0.1, -0.05) is 18.2 Å². The van der Waals surface area contributed by atoms with Gasteiger partial charge in [0, 0.05) is 12.6 Å². The Morgan fingerprint density at radius 1 is 1.10 bits per heavy atom. The number of hydrogen-bond acceptors (Lipinski definition) is 7. The average Bonchev–Trinajstić information content (AvgIpc) is 3.16. The van der Waals surface area contributed by atoms with Crippen LogP contribution in [0.5, 0.6) is 11.5 Å². The maximum atomic E-state index is 13.4. The molecule has 0 bridgehead atoms. The predicted molar refractivity (Wildman–Crippen MR) is 113 cm³/mol. The highest BCUT2D eigenvalue weighted by Gasteiger charge is 2.37. The molecule has 5 rings (SSSR count). The van der Waals surface area contributed by atoms with Crippen molar-refractivity contribution in [1.29, 1.82) is 0 Å². The van der Waals surface area contributed by atoms with Gasteiger partial charge in [-0.25, -0.2) is 19.8 Å². The van der Waals surface area contributed by atoms with Crippen LogP contribution in [-0.4, -0.2) is 29.1 Å². The normalized spacial score (nSPS) is 20.8. The van der Waals surface area contributed by atoms with Crippen LogP contribution in [0.25, 0.3) is 0 Å². The number of hydrogen-bond donors (Lipinski definition) is 3. The number of piperidine rings is 1. The van der Waals surface area contributed by atoms with Gasteiger partial charge in [-0.2, -0.15) is 0 Å². The summed E-state index contributed by atoms with van der Waals surface area (Å²) in [7, 11) is 0. The minimum absolute atomic E-state index is 0.147. The number of anilines is 2. The molecule has 8 heteroatoms. The molecular formula is C22H23FN6O. The zero-order valence-electron chi connectivity index (χ0n) is 16.4. The second-order valence-electron chi connectivity index (χ2n) is 7.56. The van der Waals surface area contributed by atoms with E-state index in [1.54, 1.807) is 12.1 Å². The van der Waals surface area contributed by atoms with E-state index in [4.69, 9.17) is 10.5 Å². The Balaban J connectivity index is 1.41. The molecule has 3 heterocycles. The summed E-state index contributed by atoms with van der Waals surface area (Å²) in [4.78, 5) is 8.73. The summed E-state index contributed by atoms with van der Waals surface area (Å²) in [6.07, 6.45) is 3.71. The minimum atomic E-state index is -0.330. The molecule has 2 atom stereocenters. The van der Waals surface area contributed by atoms with E-state index in [9.17, 15) is 4.39 Å². The lowest BCUT2D eigenvalue weighted by Crippen LogP contribution is -2.51. The fraction of sp³-hybridized carbons (Fsp3) is 0.273. The summed E-state index contributed by atoms with van der Waals surface area (Å²) in [6.45, 7) is 1.93. The van der Waals surface area contributed by atoms with Gasteiger partial charge in [0.2, 0.25) is 0 Å². The SMILES string of the molecule is Nc1ncnc2c1C(c1ccc(Oc3cccc(F)c3)cc1)NN2[C@@H]1CCCNC1. The molecule has 30 heavy (non-hydrogen) atoms. The van der Waals surface area contributed by atoms with Crippen molar-refractivity contribution in [1.82, 2.24) is 20.7 Å². The predicted octanol–water partition coefficient (Wildman–Crippen LogP) is 3.16. The quantitative estimate of drug-likeness (QED) is 0.613. The third-order valence-electron chi connectivity index (χ3n) is 5.56. The second-order valence-corrected chi connectivity index (χ2v) is 7.56. The Bertz CT molecular complexity index is 1040. The first-order valence-corrected chi connectivity index (χ1v) is 10.1. The van der Waals surface area contributed by atoms with Crippen molar-refractivity contribution < 1.29 is 9.13 Å². The molecule has 4 N–H and O–H groups in total. The first-order chi connectivity index (χ1) is 14.7. The van der Waals surface area contributed by atoms with Crippen LogP contribution in [0.4, 0.5) is 16.0 Å². The second kappa shape index (κ2) is 7.89. The molecule has 2 aromatic carbocycles. The van der Waals surface area contributed by atoms with Crippen LogP contribution in [-0.2, 0) is 0 Å². The van der Waals surface area contributed by atoms with Gasteiger partial charge < -0.3 is 15.8 Å². The highest BCUT2D eigenvalue weighted by atomic mass is 19.1. The first kappa shape index (κ1) is 18.8. The van der Waals surface area contributed by atoms with Crippen molar-refractivity contribution in [3.63, 3.8) is 0 Å². The maximum absolute atomic E-state index is 13.4. The molecule has 0 saturated carbocycles. The Hall–Kier alpha value is -3.23. The number of nitrogen functional groups attached to an aromatic ring is 1. The van der Waals surface area contributed by atoms with Crippen LogP contribution in [0.1, 0.15) is 30.0 Å². The van der Waals surface area contributed by atoms with Crippen LogP contribution in [0.15, 0.2) is 54.9 Å². The zero-order chi connectivity index (χ0) is 20.5.